The van der Waals surface area contributed by atoms with Crippen molar-refractivity contribution in [3.8, 4) is 5.75 Å². The number of aliphatic hydroxyl groups is 1. The van der Waals surface area contributed by atoms with Crippen LogP contribution in [-0.2, 0) is 4.79 Å². The fourth-order valence-electron chi connectivity index (χ4n) is 1.27. The van der Waals surface area contributed by atoms with E-state index in [4.69, 9.17) is 14.9 Å². The minimum atomic E-state index is -1.09. The van der Waals surface area contributed by atoms with Gasteiger partial charge in [0.2, 0.25) is 0 Å². The lowest BCUT2D eigenvalue weighted by Gasteiger charge is -2.09. The number of hydrogen-bond donors (Lipinski definition) is 2. The Morgan fingerprint density at radius 3 is 2.67 bits per heavy atom. The number of ether oxygens (including phenoxy) is 1. The number of benzene rings is 1. The van der Waals surface area contributed by atoms with Gasteiger partial charge in [0.05, 0.1) is 13.7 Å². The van der Waals surface area contributed by atoms with Crippen LogP contribution in [0.15, 0.2) is 30.3 Å². The summed E-state index contributed by atoms with van der Waals surface area (Å²) in [7, 11) is 1.49. The third kappa shape index (κ3) is 2.82. The lowest BCUT2D eigenvalue weighted by atomic mass is 10.1. The molecule has 1 aromatic rings. The summed E-state index contributed by atoms with van der Waals surface area (Å²) in [6.45, 7) is -0.341. The van der Waals surface area contributed by atoms with Gasteiger partial charge in [-0.3, -0.25) is 0 Å². The second-order valence-electron chi connectivity index (χ2n) is 2.87. The largest absolute Gasteiger partial charge is 0.496 e. The molecule has 0 aliphatic carbocycles. The van der Waals surface area contributed by atoms with Crippen molar-refractivity contribution < 1.29 is 19.7 Å². The standard InChI is InChI=1S/C11H12O4/c1-15-10-5-3-2-4-9(10)8(7-12)6-11(13)14/h2-6,12H,7H2,1H3,(H,13,14)/b8-6+. The average Bonchev–Trinajstić information content (AvgIpc) is 2.25. The highest BCUT2D eigenvalue weighted by atomic mass is 16.5. The van der Waals surface area contributed by atoms with Crippen LogP contribution in [0.4, 0.5) is 0 Å². The Morgan fingerprint density at radius 2 is 2.13 bits per heavy atom. The molecular weight excluding hydrogens is 196 g/mol. The third-order valence-corrected chi connectivity index (χ3v) is 1.92. The minimum Gasteiger partial charge on any atom is -0.496 e. The quantitative estimate of drug-likeness (QED) is 0.728. The molecular formula is C11H12O4. The van der Waals surface area contributed by atoms with E-state index >= 15 is 0 Å². The van der Waals surface area contributed by atoms with Gasteiger partial charge in [-0.05, 0) is 11.6 Å². The molecule has 80 valence electrons. The summed E-state index contributed by atoms with van der Waals surface area (Å²) in [6, 6.07) is 6.94. The van der Waals surface area contributed by atoms with Crippen LogP contribution < -0.4 is 4.74 Å². The summed E-state index contributed by atoms with van der Waals surface area (Å²) in [4.78, 5) is 10.5. The first-order valence-corrected chi connectivity index (χ1v) is 4.36. The van der Waals surface area contributed by atoms with Crippen LogP contribution in [-0.4, -0.2) is 29.9 Å². The molecule has 0 aliphatic heterocycles. The summed E-state index contributed by atoms with van der Waals surface area (Å²) in [5.74, 6) is -0.552. The van der Waals surface area contributed by atoms with E-state index in [0.717, 1.165) is 6.08 Å². The maximum absolute atomic E-state index is 10.5. The maximum Gasteiger partial charge on any atom is 0.328 e. The number of carboxylic acid groups (broad SMARTS) is 1. The van der Waals surface area contributed by atoms with Crippen molar-refractivity contribution >= 4 is 11.5 Å². The topological polar surface area (TPSA) is 66.8 Å². The lowest BCUT2D eigenvalue weighted by molar-refractivity contribution is -0.131. The Kier molecular flexibility index (Phi) is 3.88. The molecule has 0 bridgehead atoms. The molecule has 0 fully saturated rings. The fourth-order valence-corrected chi connectivity index (χ4v) is 1.27. The third-order valence-electron chi connectivity index (χ3n) is 1.92. The van der Waals surface area contributed by atoms with E-state index in [-0.39, 0.29) is 6.61 Å². The molecule has 0 aromatic heterocycles. The second-order valence-corrected chi connectivity index (χ2v) is 2.87. The zero-order valence-electron chi connectivity index (χ0n) is 8.30. The number of aliphatic hydroxyl groups excluding tert-OH is 1. The number of rotatable bonds is 4. The molecule has 0 saturated heterocycles. The predicted molar refractivity (Wildman–Crippen MR) is 55.7 cm³/mol. The van der Waals surface area contributed by atoms with Gasteiger partial charge in [0.15, 0.2) is 0 Å². The summed E-state index contributed by atoms with van der Waals surface area (Å²) >= 11 is 0. The van der Waals surface area contributed by atoms with Gasteiger partial charge in [-0.2, -0.15) is 0 Å². The van der Waals surface area contributed by atoms with Crippen LogP contribution in [0, 0.1) is 0 Å². The molecule has 0 aliphatic rings. The number of methoxy groups -OCH3 is 1. The smallest absolute Gasteiger partial charge is 0.328 e. The number of hydrogen-bond acceptors (Lipinski definition) is 3. The van der Waals surface area contributed by atoms with Crippen molar-refractivity contribution in [2.75, 3.05) is 13.7 Å². The maximum atomic E-state index is 10.5. The molecule has 0 saturated carbocycles. The van der Waals surface area contributed by atoms with Gasteiger partial charge in [-0.25, -0.2) is 4.79 Å². The SMILES string of the molecule is COc1ccccc1/C(=C/C(=O)O)CO. The van der Waals surface area contributed by atoms with E-state index in [1.165, 1.54) is 7.11 Å². The van der Waals surface area contributed by atoms with Gasteiger partial charge in [0, 0.05) is 11.6 Å². The zero-order valence-corrected chi connectivity index (χ0v) is 8.30. The van der Waals surface area contributed by atoms with Crippen LogP contribution >= 0.6 is 0 Å². The number of carbonyl (C=O) groups is 1. The van der Waals surface area contributed by atoms with Gasteiger partial charge >= 0.3 is 5.97 Å². The first-order valence-electron chi connectivity index (χ1n) is 4.36. The van der Waals surface area contributed by atoms with E-state index in [2.05, 4.69) is 0 Å². The molecule has 1 rings (SSSR count). The molecule has 1 aromatic carbocycles. The molecule has 0 heterocycles. The van der Waals surface area contributed by atoms with Gasteiger partial charge < -0.3 is 14.9 Å². The molecule has 2 N–H and O–H groups in total. The van der Waals surface area contributed by atoms with Gasteiger partial charge in [0.25, 0.3) is 0 Å². The molecule has 0 radical (unpaired) electrons. The fraction of sp³-hybridized carbons (Fsp3) is 0.182. The number of para-hydroxylation sites is 1. The Morgan fingerprint density at radius 1 is 1.47 bits per heavy atom. The predicted octanol–water partition coefficient (Wildman–Crippen LogP) is 1.16. The molecule has 15 heavy (non-hydrogen) atoms. The first-order chi connectivity index (χ1) is 7.19. The summed E-state index contributed by atoms with van der Waals surface area (Å²) in [5.41, 5.74) is 0.907. The molecule has 4 heteroatoms. The van der Waals surface area contributed by atoms with Crippen LogP contribution in [0.1, 0.15) is 5.56 Å². The van der Waals surface area contributed by atoms with E-state index in [9.17, 15) is 4.79 Å². The van der Waals surface area contributed by atoms with Crippen molar-refractivity contribution in [1.82, 2.24) is 0 Å². The van der Waals surface area contributed by atoms with Gasteiger partial charge in [-0.15, -0.1) is 0 Å². The van der Waals surface area contributed by atoms with Crippen molar-refractivity contribution in [3.05, 3.63) is 35.9 Å². The Bertz CT molecular complexity index is 382. The highest BCUT2D eigenvalue weighted by Gasteiger charge is 2.08. The molecule has 0 atom stereocenters. The zero-order chi connectivity index (χ0) is 11.3. The molecule has 0 amide bonds. The van der Waals surface area contributed by atoms with Crippen molar-refractivity contribution in [2.24, 2.45) is 0 Å². The molecule has 4 nitrogen and oxygen atoms in total. The van der Waals surface area contributed by atoms with E-state index < -0.39 is 5.97 Å². The Hall–Kier alpha value is -1.81. The Labute approximate surface area is 87.4 Å². The second kappa shape index (κ2) is 5.17. The number of carboxylic acids is 1. The van der Waals surface area contributed by atoms with Crippen LogP contribution in [0.25, 0.3) is 5.57 Å². The number of aliphatic carboxylic acids is 1. The monoisotopic (exact) mass is 208 g/mol. The van der Waals surface area contributed by atoms with Gasteiger partial charge in [0.1, 0.15) is 5.75 Å². The summed E-state index contributed by atoms with van der Waals surface area (Å²) in [6.07, 6.45) is 0.970. The highest BCUT2D eigenvalue weighted by Crippen LogP contribution is 2.24. The normalized spacial score (nSPS) is 11.2. The molecule has 0 spiro atoms. The Balaban J connectivity index is 3.17. The summed E-state index contributed by atoms with van der Waals surface area (Å²) < 4.78 is 5.06. The van der Waals surface area contributed by atoms with E-state index in [1.54, 1.807) is 24.3 Å². The van der Waals surface area contributed by atoms with Crippen molar-refractivity contribution in [1.29, 1.82) is 0 Å². The minimum absolute atomic E-state index is 0.319. The summed E-state index contributed by atoms with van der Waals surface area (Å²) in [5, 5.41) is 17.7. The average molecular weight is 208 g/mol. The highest BCUT2D eigenvalue weighted by molar-refractivity contribution is 5.91. The lowest BCUT2D eigenvalue weighted by Crippen LogP contribution is -1.98. The van der Waals surface area contributed by atoms with Gasteiger partial charge in [-0.1, -0.05) is 18.2 Å². The van der Waals surface area contributed by atoms with E-state index in [1.807, 2.05) is 0 Å². The van der Waals surface area contributed by atoms with Crippen LogP contribution in [0.3, 0.4) is 0 Å². The van der Waals surface area contributed by atoms with Crippen molar-refractivity contribution in [2.45, 2.75) is 0 Å². The van der Waals surface area contributed by atoms with E-state index in [0.29, 0.717) is 16.9 Å². The molecule has 0 unspecified atom stereocenters. The first kappa shape index (κ1) is 11.3. The van der Waals surface area contributed by atoms with Crippen LogP contribution in [0.5, 0.6) is 5.75 Å². The van der Waals surface area contributed by atoms with Crippen LogP contribution in [0.2, 0.25) is 0 Å². The van der Waals surface area contributed by atoms with Crippen molar-refractivity contribution in [3.63, 3.8) is 0 Å².